The number of aromatic amines is 1. The first-order valence-corrected chi connectivity index (χ1v) is 9.17. The number of nitrogens with two attached hydrogens (primary N) is 1. The lowest BCUT2D eigenvalue weighted by Gasteiger charge is -2.08. The third kappa shape index (κ3) is 3.69. The molecule has 0 spiro atoms. The molecule has 0 radical (unpaired) electrons. The van der Waals surface area contributed by atoms with Gasteiger partial charge in [-0.1, -0.05) is 30.3 Å². The fourth-order valence-corrected chi connectivity index (χ4v) is 3.77. The van der Waals surface area contributed by atoms with Crippen molar-refractivity contribution in [3.63, 3.8) is 0 Å². The summed E-state index contributed by atoms with van der Waals surface area (Å²) in [7, 11) is 0. The molecule has 1 aromatic heterocycles. The van der Waals surface area contributed by atoms with Crippen molar-refractivity contribution in [2.75, 3.05) is 6.54 Å². The summed E-state index contributed by atoms with van der Waals surface area (Å²) in [6.07, 6.45) is -2.01. The Kier molecular flexibility index (Phi) is 5.38. The number of fused-ring (bicyclic) bond motifs is 1. The molecular weight excluding hydrogens is 440 g/mol. The van der Waals surface area contributed by atoms with Crippen molar-refractivity contribution < 1.29 is 13.2 Å². The van der Waals surface area contributed by atoms with Gasteiger partial charge in [0.15, 0.2) is 0 Å². The normalized spacial score (nSPS) is 12.0. The molecule has 0 atom stereocenters. The van der Waals surface area contributed by atoms with Gasteiger partial charge in [0.1, 0.15) is 0 Å². The predicted octanol–water partition coefficient (Wildman–Crippen LogP) is 5.74. The number of nitrogens with one attached hydrogen (secondary N) is 1. The molecule has 3 N–H and O–H groups in total. The first-order chi connectivity index (χ1) is 11.9. The van der Waals surface area contributed by atoms with Gasteiger partial charge in [0.2, 0.25) is 0 Å². The molecule has 0 fully saturated rings. The van der Waals surface area contributed by atoms with Crippen LogP contribution in [0.5, 0.6) is 0 Å². The first kappa shape index (κ1) is 18.3. The van der Waals surface area contributed by atoms with Gasteiger partial charge in [0.25, 0.3) is 0 Å². The highest BCUT2D eigenvalue weighted by atomic mass is 127. The lowest BCUT2D eigenvalue weighted by molar-refractivity contribution is -0.136. The summed E-state index contributed by atoms with van der Waals surface area (Å²) < 4.78 is 41.2. The topological polar surface area (TPSA) is 41.8 Å². The van der Waals surface area contributed by atoms with E-state index in [1.165, 1.54) is 6.07 Å². The van der Waals surface area contributed by atoms with Crippen LogP contribution in [0.2, 0.25) is 0 Å². The maximum atomic E-state index is 13.4. The Morgan fingerprint density at radius 3 is 2.44 bits per heavy atom. The number of unbranched alkanes of at least 4 members (excludes halogenated alkanes) is 1. The van der Waals surface area contributed by atoms with Crippen LogP contribution in [0.3, 0.4) is 0 Å². The summed E-state index contributed by atoms with van der Waals surface area (Å²) in [5, 5.41) is 0.640. The van der Waals surface area contributed by atoms with Crippen LogP contribution in [-0.2, 0) is 12.6 Å². The molecule has 6 heteroatoms. The Morgan fingerprint density at radius 2 is 1.76 bits per heavy atom. The standard InChI is InChI=1S/C19H18F3IN2/c20-19(21,22)15-9-5-8-13-12(6-3-4-11-24)17(25-18(13)15)14-7-1-2-10-16(14)23/h1-2,5,7-10,25H,3-4,6,11,24H2. The molecule has 0 aliphatic carbocycles. The number of aryl methyl sites for hydroxylation is 1. The van der Waals surface area contributed by atoms with Crippen LogP contribution in [0.25, 0.3) is 22.2 Å². The highest BCUT2D eigenvalue weighted by Gasteiger charge is 2.34. The van der Waals surface area contributed by atoms with E-state index in [-0.39, 0.29) is 5.52 Å². The minimum Gasteiger partial charge on any atom is -0.354 e. The van der Waals surface area contributed by atoms with E-state index in [2.05, 4.69) is 27.6 Å². The zero-order valence-corrected chi connectivity index (χ0v) is 15.6. The van der Waals surface area contributed by atoms with E-state index in [0.717, 1.165) is 39.3 Å². The zero-order valence-electron chi connectivity index (χ0n) is 13.5. The van der Waals surface area contributed by atoms with E-state index in [4.69, 9.17) is 5.73 Å². The number of H-pyrrole nitrogens is 1. The van der Waals surface area contributed by atoms with Crippen LogP contribution >= 0.6 is 22.6 Å². The number of alkyl halides is 3. The Hall–Kier alpha value is -1.54. The van der Waals surface area contributed by atoms with Crippen LogP contribution in [0, 0.1) is 3.57 Å². The van der Waals surface area contributed by atoms with Gasteiger partial charge in [-0.2, -0.15) is 13.2 Å². The van der Waals surface area contributed by atoms with E-state index < -0.39 is 11.7 Å². The molecule has 3 rings (SSSR count). The molecule has 2 nitrogen and oxygen atoms in total. The van der Waals surface area contributed by atoms with Gasteiger partial charge >= 0.3 is 6.18 Å². The van der Waals surface area contributed by atoms with Crippen molar-refractivity contribution in [3.8, 4) is 11.3 Å². The minimum absolute atomic E-state index is 0.160. The monoisotopic (exact) mass is 458 g/mol. The summed E-state index contributed by atoms with van der Waals surface area (Å²) in [4.78, 5) is 3.07. The Labute approximate surface area is 157 Å². The maximum absolute atomic E-state index is 13.4. The average molecular weight is 458 g/mol. The second-order valence-electron chi connectivity index (χ2n) is 5.93. The molecule has 0 bridgehead atoms. The fraction of sp³-hybridized carbons (Fsp3) is 0.263. The molecule has 0 unspecified atom stereocenters. The van der Waals surface area contributed by atoms with Crippen LogP contribution in [0.4, 0.5) is 13.2 Å². The first-order valence-electron chi connectivity index (χ1n) is 8.09. The molecule has 2 aromatic carbocycles. The number of halogens is 4. The summed E-state index contributed by atoms with van der Waals surface area (Å²) in [5.74, 6) is 0. The minimum atomic E-state index is -4.39. The molecule has 132 valence electrons. The second kappa shape index (κ2) is 7.37. The maximum Gasteiger partial charge on any atom is 0.418 e. The van der Waals surface area contributed by atoms with Crippen molar-refractivity contribution in [1.82, 2.24) is 4.98 Å². The number of aromatic nitrogens is 1. The van der Waals surface area contributed by atoms with Crippen LogP contribution < -0.4 is 5.73 Å². The van der Waals surface area contributed by atoms with E-state index in [9.17, 15) is 13.2 Å². The molecule has 0 aliphatic heterocycles. The SMILES string of the molecule is NCCCCc1c(-c2ccccc2I)[nH]c2c(C(F)(F)F)cccc12. The van der Waals surface area contributed by atoms with Crippen molar-refractivity contribution >= 4 is 33.5 Å². The van der Waals surface area contributed by atoms with Crippen molar-refractivity contribution in [2.24, 2.45) is 5.73 Å². The van der Waals surface area contributed by atoms with Crippen molar-refractivity contribution in [3.05, 3.63) is 57.2 Å². The molecule has 3 aromatic rings. The lowest BCUT2D eigenvalue weighted by Crippen LogP contribution is -2.05. The Balaban J connectivity index is 2.24. The summed E-state index contributed by atoms with van der Waals surface area (Å²) in [5.41, 5.74) is 7.74. The van der Waals surface area contributed by atoms with Gasteiger partial charge in [-0.15, -0.1) is 0 Å². The van der Waals surface area contributed by atoms with Crippen LogP contribution in [0.15, 0.2) is 42.5 Å². The number of benzene rings is 2. The third-order valence-corrected chi connectivity index (χ3v) is 5.21. The second-order valence-corrected chi connectivity index (χ2v) is 7.09. The summed E-state index contributed by atoms with van der Waals surface area (Å²) in [6, 6.07) is 12.1. The molecular formula is C19H18F3IN2. The van der Waals surface area contributed by atoms with Gasteiger partial charge in [-0.3, -0.25) is 0 Å². The fourth-order valence-electron chi connectivity index (χ4n) is 3.11. The Bertz CT molecular complexity index is 884. The molecule has 0 saturated heterocycles. The number of hydrogen-bond donors (Lipinski definition) is 2. The molecule has 1 heterocycles. The van der Waals surface area contributed by atoms with Gasteiger partial charge in [-0.05, 0) is 66.1 Å². The van der Waals surface area contributed by atoms with Gasteiger partial charge < -0.3 is 10.7 Å². The van der Waals surface area contributed by atoms with E-state index in [1.54, 1.807) is 6.07 Å². The smallest absolute Gasteiger partial charge is 0.354 e. The summed E-state index contributed by atoms with van der Waals surface area (Å²) in [6.45, 7) is 0.578. The quantitative estimate of drug-likeness (QED) is 0.372. The molecule has 0 saturated carbocycles. The number of para-hydroxylation sites is 1. The van der Waals surface area contributed by atoms with Crippen molar-refractivity contribution in [2.45, 2.75) is 25.4 Å². The van der Waals surface area contributed by atoms with Gasteiger partial charge in [0, 0.05) is 14.5 Å². The van der Waals surface area contributed by atoms with Crippen molar-refractivity contribution in [1.29, 1.82) is 0 Å². The summed E-state index contributed by atoms with van der Waals surface area (Å²) >= 11 is 2.21. The molecule has 0 aliphatic rings. The lowest BCUT2D eigenvalue weighted by atomic mass is 9.99. The van der Waals surface area contributed by atoms with Crippen LogP contribution in [-0.4, -0.2) is 11.5 Å². The average Bonchev–Trinajstić information content (AvgIpc) is 2.93. The predicted molar refractivity (Wildman–Crippen MR) is 103 cm³/mol. The highest BCUT2D eigenvalue weighted by molar-refractivity contribution is 14.1. The number of rotatable bonds is 5. The van der Waals surface area contributed by atoms with Crippen LogP contribution in [0.1, 0.15) is 24.0 Å². The number of hydrogen-bond acceptors (Lipinski definition) is 1. The van der Waals surface area contributed by atoms with E-state index in [0.29, 0.717) is 18.4 Å². The zero-order chi connectivity index (χ0) is 18.0. The Morgan fingerprint density at radius 1 is 1.00 bits per heavy atom. The van der Waals surface area contributed by atoms with Gasteiger partial charge in [0.05, 0.1) is 16.8 Å². The van der Waals surface area contributed by atoms with Gasteiger partial charge in [-0.25, -0.2) is 0 Å². The highest BCUT2D eigenvalue weighted by Crippen LogP contribution is 2.40. The van der Waals surface area contributed by atoms with E-state index in [1.807, 2.05) is 24.3 Å². The van der Waals surface area contributed by atoms with E-state index >= 15 is 0 Å². The molecule has 25 heavy (non-hydrogen) atoms. The molecule has 0 amide bonds. The largest absolute Gasteiger partial charge is 0.418 e. The third-order valence-electron chi connectivity index (χ3n) is 4.27.